The number of sulfone groups is 1. The van der Waals surface area contributed by atoms with Gasteiger partial charge in [-0.15, -0.1) is 11.6 Å². The molecule has 1 rings (SSSR count). The van der Waals surface area contributed by atoms with Gasteiger partial charge in [0.25, 0.3) is 0 Å². The molecule has 3 nitrogen and oxygen atoms in total. The van der Waals surface area contributed by atoms with Gasteiger partial charge in [-0.2, -0.15) is 5.26 Å². The van der Waals surface area contributed by atoms with E-state index in [1.54, 1.807) is 13.0 Å². The summed E-state index contributed by atoms with van der Waals surface area (Å²) in [7, 11) is -3.43. The van der Waals surface area contributed by atoms with E-state index in [2.05, 4.69) is 0 Å². The highest BCUT2D eigenvalue weighted by Gasteiger charge is 2.18. The van der Waals surface area contributed by atoms with Gasteiger partial charge in [0.05, 0.1) is 16.2 Å². The van der Waals surface area contributed by atoms with Crippen molar-refractivity contribution >= 4 is 21.4 Å². The van der Waals surface area contributed by atoms with Gasteiger partial charge in [-0.25, -0.2) is 8.42 Å². The number of hydrogen-bond acceptors (Lipinski definition) is 3. The first-order valence-corrected chi connectivity index (χ1v) is 6.49. The number of nitrogens with zero attached hydrogens (tertiary/aromatic N) is 1. The van der Waals surface area contributed by atoms with Crippen molar-refractivity contribution in [1.82, 2.24) is 0 Å². The fourth-order valence-electron chi connectivity index (χ4n) is 1.19. The van der Waals surface area contributed by atoms with E-state index in [1.807, 2.05) is 6.07 Å². The van der Waals surface area contributed by atoms with Crippen LogP contribution in [0.25, 0.3) is 0 Å². The average molecular weight is 244 g/mol. The van der Waals surface area contributed by atoms with Crippen molar-refractivity contribution in [3.63, 3.8) is 0 Å². The van der Waals surface area contributed by atoms with Gasteiger partial charge in [-0.1, -0.05) is 6.07 Å². The maximum atomic E-state index is 11.7. The van der Waals surface area contributed by atoms with Crippen LogP contribution in [0.2, 0.25) is 0 Å². The van der Waals surface area contributed by atoms with Crippen molar-refractivity contribution in [3.05, 3.63) is 29.3 Å². The minimum atomic E-state index is -3.43. The molecule has 0 saturated carbocycles. The number of aryl methyl sites for hydroxylation is 1. The Bertz CT molecular complexity index is 503. The van der Waals surface area contributed by atoms with Crippen molar-refractivity contribution < 1.29 is 8.42 Å². The highest BCUT2D eigenvalue weighted by molar-refractivity contribution is 7.91. The molecule has 1 aromatic carbocycles. The van der Waals surface area contributed by atoms with Gasteiger partial charge in [-0.3, -0.25) is 0 Å². The van der Waals surface area contributed by atoms with Crippen LogP contribution in [0.15, 0.2) is 23.1 Å². The van der Waals surface area contributed by atoms with Gasteiger partial charge >= 0.3 is 0 Å². The Balaban J connectivity index is 3.37. The van der Waals surface area contributed by atoms with Crippen LogP contribution in [0.3, 0.4) is 0 Å². The first-order valence-electron chi connectivity index (χ1n) is 4.31. The molecule has 15 heavy (non-hydrogen) atoms. The Hall–Kier alpha value is -1.05. The molecular formula is C10H10ClNO2S. The van der Waals surface area contributed by atoms with Gasteiger partial charge in [0, 0.05) is 5.88 Å². The smallest absolute Gasteiger partial charge is 0.180 e. The third-order valence-corrected chi connectivity index (χ3v) is 4.10. The van der Waals surface area contributed by atoms with E-state index in [-0.39, 0.29) is 22.1 Å². The molecule has 0 spiro atoms. The standard InChI is InChI=1S/C10H10ClNO2S/c1-8-2-3-9(7-12)10(6-8)15(13,14)5-4-11/h2-3,6H,4-5H2,1H3. The number of rotatable bonds is 3. The van der Waals surface area contributed by atoms with Gasteiger partial charge in [0.2, 0.25) is 0 Å². The Morgan fingerprint density at radius 2 is 2.13 bits per heavy atom. The van der Waals surface area contributed by atoms with E-state index < -0.39 is 9.84 Å². The molecule has 5 heteroatoms. The second kappa shape index (κ2) is 4.65. The summed E-state index contributed by atoms with van der Waals surface area (Å²) < 4.78 is 23.5. The quantitative estimate of drug-likeness (QED) is 0.762. The lowest BCUT2D eigenvalue weighted by Gasteiger charge is -2.05. The second-order valence-corrected chi connectivity index (χ2v) is 5.57. The van der Waals surface area contributed by atoms with Crippen molar-refractivity contribution in [2.75, 3.05) is 11.6 Å². The summed E-state index contributed by atoms with van der Waals surface area (Å²) in [6.07, 6.45) is 0. The lowest BCUT2D eigenvalue weighted by molar-refractivity contribution is 0.597. The Morgan fingerprint density at radius 3 is 2.67 bits per heavy atom. The lowest BCUT2D eigenvalue weighted by atomic mass is 10.2. The molecule has 0 bridgehead atoms. The molecule has 0 aliphatic rings. The van der Waals surface area contributed by atoms with Gasteiger partial charge < -0.3 is 0 Å². The molecule has 0 N–H and O–H groups in total. The van der Waals surface area contributed by atoms with Crippen LogP contribution in [0.4, 0.5) is 0 Å². The zero-order valence-electron chi connectivity index (χ0n) is 8.20. The average Bonchev–Trinajstić information content (AvgIpc) is 2.17. The van der Waals surface area contributed by atoms with Crippen molar-refractivity contribution in [3.8, 4) is 6.07 Å². The van der Waals surface area contributed by atoms with Crippen LogP contribution in [0.5, 0.6) is 0 Å². The molecule has 1 aromatic rings. The summed E-state index contributed by atoms with van der Waals surface area (Å²) in [5, 5.41) is 8.79. The molecule has 0 amide bonds. The number of benzene rings is 1. The molecule has 80 valence electrons. The van der Waals surface area contributed by atoms with Crippen molar-refractivity contribution in [2.24, 2.45) is 0 Å². The van der Waals surface area contributed by atoms with Crippen LogP contribution in [0.1, 0.15) is 11.1 Å². The third kappa shape index (κ3) is 2.71. The molecule has 0 heterocycles. The van der Waals surface area contributed by atoms with Crippen LogP contribution in [0, 0.1) is 18.3 Å². The van der Waals surface area contributed by atoms with Crippen LogP contribution < -0.4 is 0 Å². The summed E-state index contributed by atoms with van der Waals surface area (Å²) >= 11 is 5.41. The first-order chi connectivity index (χ1) is 7.01. The van der Waals surface area contributed by atoms with Gasteiger partial charge in [-0.05, 0) is 24.6 Å². The Kier molecular flexibility index (Phi) is 3.72. The molecule has 0 unspecified atom stereocenters. The molecule has 0 aromatic heterocycles. The Labute approximate surface area is 94.2 Å². The van der Waals surface area contributed by atoms with Crippen molar-refractivity contribution in [2.45, 2.75) is 11.8 Å². The van der Waals surface area contributed by atoms with Crippen LogP contribution in [-0.2, 0) is 9.84 Å². The SMILES string of the molecule is Cc1ccc(C#N)c(S(=O)(=O)CCCl)c1. The fourth-order valence-corrected chi connectivity index (χ4v) is 3.04. The number of alkyl halides is 1. The van der Waals surface area contributed by atoms with E-state index in [9.17, 15) is 8.42 Å². The predicted molar refractivity (Wildman–Crippen MR) is 58.7 cm³/mol. The number of hydrogen-bond donors (Lipinski definition) is 0. The maximum Gasteiger partial charge on any atom is 0.180 e. The molecular weight excluding hydrogens is 234 g/mol. The van der Waals surface area contributed by atoms with Gasteiger partial charge in [0.1, 0.15) is 6.07 Å². The molecule has 0 radical (unpaired) electrons. The van der Waals surface area contributed by atoms with Crippen molar-refractivity contribution in [1.29, 1.82) is 5.26 Å². The summed E-state index contributed by atoms with van der Waals surface area (Å²) in [4.78, 5) is 0.0747. The monoisotopic (exact) mass is 243 g/mol. The second-order valence-electron chi connectivity index (χ2n) is 3.12. The summed E-state index contributed by atoms with van der Waals surface area (Å²) in [5.41, 5.74) is 0.980. The Morgan fingerprint density at radius 1 is 1.47 bits per heavy atom. The summed E-state index contributed by atoms with van der Waals surface area (Å²) in [6, 6.07) is 6.58. The van der Waals surface area contributed by atoms with E-state index >= 15 is 0 Å². The van der Waals surface area contributed by atoms with E-state index in [4.69, 9.17) is 16.9 Å². The molecule has 0 aliphatic carbocycles. The minimum Gasteiger partial charge on any atom is -0.224 e. The largest absolute Gasteiger partial charge is 0.224 e. The normalized spacial score (nSPS) is 11.0. The third-order valence-electron chi connectivity index (χ3n) is 1.94. The van der Waals surface area contributed by atoms with E-state index in [0.717, 1.165) is 5.56 Å². The number of nitriles is 1. The van der Waals surface area contributed by atoms with E-state index in [1.165, 1.54) is 12.1 Å². The fraction of sp³-hybridized carbons (Fsp3) is 0.300. The maximum absolute atomic E-state index is 11.7. The summed E-state index contributed by atoms with van der Waals surface area (Å²) in [6.45, 7) is 1.78. The minimum absolute atomic E-state index is 0.0289. The highest BCUT2D eigenvalue weighted by Crippen LogP contribution is 2.18. The zero-order valence-corrected chi connectivity index (χ0v) is 9.77. The molecule has 0 aliphatic heterocycles. The van der Waals surface area contributed by atoms with E-state index in [0.29, 0.717) is 0 Å². The summed E-state index contributed by atoms with van der Waals surface area (Å²) in [5.74, 6) is -0.117. The van der Waals surface area contributed by atoms with Gasteiger partial charge in [0.15, 0.2) is 9.84 Å². The molecule has 0 saturated heterocycles. The zero-order chi connectivity index (χ0) is 11.5. The molecule has 0 atom stereocenters. The number of halogens is 1. The lowest BCUT2D eigenvalue weighted by Crippen LogP contribution is -2.10. The van der Waals surface area contributed by atoms with Crippen LogP contribution in [-0.4, -0.2) is 20.1 Å². The molecule has 0 fully saturated rings. The highest BCUT2D eigenvalue weighted by atomic mass is 35.5. The predicted octanol–water partition coefficient (Wildman–Crippen LogP) is 1.88. The topological polar surface area (TPSA) is 57.9 Å². The first kappa shape index (κ1) is 12.0. The van der Waals surface area contributed by atoms with Crippen LogP contribution >= 0.6 is 11.6 Å².